The maximum atomic E-state index is 3.70. The van der Waals surface area contributed by atoms with Gasteiger partial charge in [0.15, 0.2) is 0 Å². The third-order valence-corrected chi connectivity index (χ3v) is 3.80. The molecule has 2 fully saturated rings. The summed E-state index contributed by atoms with van der Waals surface area (Å²) in [7, 11) is 0. The van der Waals surface area contributed by atoms with Crippen LogP contribution in [-0.4, -0.2) is 25.2 Å². The number of halogens is 2. The van der Waals surface area contributed by atoms with Crippen LogP contribution in [0, 0.1) is 5.92 Å². The lowest BCUT2D eigenvalue weighted by Crippen LogP contribution is -2.56. The van der Waals surface area contributed by atoms with E-state index in [1.165, 1.54) is 17.6 Å². The van der Waals surface area contributed by atoms with E-state index in [1.54, 1.807) is 0 Å². The number of nitrogens with one attached hydrogen (secondary N) is 2. The van der Waals surface area contributed by atoms with E-state index >= 15 is 0 Å². The normalized spacial score (nSPS) is 25.8. The molecule has 0 spiro atoms. The maximum Gasteiger partial charge on any atom is 0.0320 e. The van der Waals surface area contributed by atoms with Gasteiger partial charge in [-0.3, -0.25) is 0 Å². The van der Waals surface area contributed by atoms with Crippen LogP contribution >= 0.6 is 24.8 Å². The first kappa shape index (κ1) is 16.5. The molecule has 1 saturated heterocycles. The standard InChI is InChI=1S/C15H20N2.2ClH/c1-11(7-12-5-3-2-4-6-12)14-8-15(14)17-13-9-16-10-13;;/h2-7,13-17H,8-10H2,1H3;2*1H. The molecule has 106 valence electrons. The SMILES string of the molecule is CC(=Cc1ccccc1)C1CC1NC1CNC1.Cl.Cl. The molecule has 4 heteroatoms. The Hall–Kier alpha value is -0.540. The van der Waals surface area contributed by atoms with Crippen LogP contribution < -0.4 is 10.6 Å². The molecule has 1 aliphatic heterocycles. The Bertz CT molecular complexity index is 415. The first-order valence-corrected chi connectivity index (χ1v) is 6.53. The van der Waals surface area contributed by atoms with Crippen molar-refractivity contribution in [1.82, 2.24) is 10.6 Å². The molecule has 0 radical (unpaired) electrons. The van der Waals surface area contributed by atoms with E-state index in [-0.39, 0.29) is 24.8 Å². The minimum Gasteiger partial charge on any atom is -0.314 e. The molecule has 2 nitrogen and oxygen atoms in total. The first-order chi connectivity index (χ1) is 8.33. The van der Waals surface area contributed by atoms with Crippen molar-refractivity contribution < 1.29 is 0 Å². The summed E-state index contributed by atoms with van der Waals surface area (Å²) in [5.41, 5.74) is 2.84. The lowest BCUT2D eigenvalue weighted by atomic mass is 10.1. The van der Waals surface area contributed by atoms with Crippen LogP contribution in [0.5, 0.6) is 0 Å². The Morgan fingerprint density at radius 1 is 1.21 bits per heavy atom. The Morgan fingerprint density at radius 3 is 2.47 bits per heavy atom. The van der Waals surface area contributed by atoms with Gasteiger partial charge in [-0.25, -0.2) is 0 Å². The van der Waals surface area contributed by atoms with Crippen LogP contribution in [0.1, 0.15) is 18.9 Å². The summed E-state index contributed by atoms with van der Waals surface area (Å²) in [4.78, 5) is 0. The van der Waals surface area contributed by atoms with Gasteiger partial charge in [-0.15, -0.1) is 24.8 Å². The fourth-order valence-electron chi connectivity index (χ4n) is 2.51. The fraction of sp³-hybridized carbons (Fsp3) is 0.467. The molecule has 3 rings (SSSR count). The monoisotopic (exact) mass is 300 g/mol. The van der Waals surface area contributed by atoms with Crippen LogP contribution in [0.3, 0.4) is 0 Å². The number of benzene rings is 1. The first-order valence-electron chi connectivity index (χ1n) is 6.53. The second-order valence-electron chi connectivity index (χ2n) is 5.27. The molecular weight excluding hydrogens is 279 g/mol. The molecule has 2 atom stereocenters. The maximum absolute atomic E-state index is 3.70. The van der Waals surface area contributed by atoms with Crippen molar-refractivity contribution in [1.29, 1.82) is 0 Å². The molecular formula is C15H22Cl2N2. The predicted octanol–water partition coefficient (Wildman–Crippen LogP) is 2.88. The minimum atomic E-state index is 0. The van der Waals surface area contributed by atoms with Gasteiger partial charge in [-0.05, 0) is 24.8 Å². The van der Waals surface area contributed by atoms with E-state index in [9.17, 15) is 0 Å². The van der Waals surface area contributed by atoms with Crippen LogP contribution in [0.15, 0.2) is 35.9 Å². The third kappa shape index (κ3) is 4.22. The Kier molecular flexibility index (Phi) is 6.34. The summed E-state index contributed by atoms with van der Waals surface area (Å²) in [6, 6.07) is 12.0. The van der Waals surface area contributed by atoms with Gasteiger partial charge >= 0.3 is 0 Å². The van der Waals surface area contributed by atoms with Gasteiger partial charge in [0.05, 0.1) is 0 Å². The fourth-order valence-corrected chi connectivity index (χ4v) is 2.51. The van der Waals surface area contributed by atoms with Crippen LogP contribution in [-0.2, 0) is 0 Å². The van der Waals surface area contributed by atoms with Gasteiger partial charge in [0, 0.05) is 25.2 Å². The highest BCUT2D eigenvalue weighted by atomic mass is 35.5. The van der Waals surface area contributed by atoms with E-state index in [4.69, 9.17) is 0 Å². The van der Waals surface area contributed by atoms with E-state index < -0.39 is 0 Å². The second kappa shape index (κ2) is 7.30. The molecule has 1 aromatic rings. The van der Waals surface area contributed by atoms with Crippen LogP contribution in [0.4, 0.5) is 0 Å². The largest absolute Gasteiger partial charge is 0.314 e. The topological polar surface area (TPSA) is 24.1 Å². The van der Waals surface area contributed by atoms with E-state index in [1.807, 2.05) is 0 Å². The lowest BCUT2D eigenvalue weighted by Gasteiger charge is -2.28. The molecule has 2 N–H and O–H groups in total. The average molecular weight is 301 g/mol. The zero-order valence-corrected chi connectivity index (χ0v) is 12.8. The summed E-state index contributed by atoms with van der Waals surface area (Å²) in [5.74, 6) is 0.760. The quantitative estimate of drug-likeness (QED) is 0.893. The molecule has 0 bridgehead atoms. The lowest BCUT2D eigenvalue weighted by molar-refractivity contribution is 0.360. The number of rotatable bonds is 4. The van der Waals surface area contributed by atoms with E-state index in [0.29, 0.717) is 0 Å². The van der Waals surface area contributed by atoms with Gasteiger partial charge in [0.25, 0.3) is 0 Å². The molecule has 2 aliphatic rings. The summed E-state index contributed by atoms with van der Waals surface area (Å²) in [6.45, 7) is 4.55. The van der Waals surface area contributed by atoms with Crippen molar-refractivity contribution in [3.8, 4) is 0 Å². The van der Waals surface area contributed by atoms with Gasteiger partial charge in [-0.1, -0.05) is 42.0 Å². The van der Waals surface area contributed by atoms with Crippen molar-refractivity contribution in [2.24, 2.45) is 5.92 Å². The van der Waals surface area contributed by atoms with E-state index in [2.05, 4.69) is 54.0 Å². The minimum absolute atomic E-state index is 0. The van der Waals surface area contributed by atoms with Crippen LogP contribution in [0.25, 0.3) is 6.08 Å². The Labute approximate surface area is 127 Å². The second-order valence-corrected chi connectivity index (χ2v) is 5.27. The van der Waals surface area contributed by atoms with Crippen LogP contribution in [0.2, 0.25) is 0 Å². The van der Waals surface area contributed by atoms with Gasteiger partial charge < -0.3 is 10.6 Å². The predicted molar refractivity (Wildman–Crippen MR) is 86.3 cm³/mol. The summed E-state index contributed by atoms with van der Waals surface area (Å²) in [6.07, 6.45) is 3.64. The van der Waals surface area contributed by atoms with Crippen molar-refractivity contribution in [3.05, 3.63) is 41.5 Å². The molecule has 0 amide bonds. The highest BCUT2D eigenvalue weighted by Gasteiger charge is 2.39. The molecule has 1 aliphatic carbocycles. The van der Waals surface area contributed by atoms with Crippen molar-refractivity contribution in [3.63, 3.8) is 0 Å². The molecule has 1 saturated carbocycles. The average Bonchev–Trinajstić information content (AvgIpc) is 3.04. The molecule has 0 aromatic heterocycles. The van der Waals surface area contributed by atoms with E-state index in [0.717, 1.165) is 31.1 Å². The zero-order valence-electron chi connectivity index (χ0n) is 11.1. The molecule has 2 unspecified atom stereocenters. The zero-order chi connectivity index (χ0) is 11.7. The highest BCUT2D eigenvalue weighted by molar-refractivity contribution is 5.85. The summed E-state index contributed by atoms with van der Waals surface area (Å²) < 4.78 is 0. The Morgan fingerprint density at radius 2 is 1.89 bits per heavy atom. The van der Waals surface area contributed by atoms with Crippen molar-refractivity contribution in [2.45, 2.75) is 25.4 Å². The van der Waals surface area contributed by atoms with Crippen molar-refractivity contribution >= 4 is 30.9 Å². The smallest absolute Gasteiger partial charge is 0.0320 e. The Balaban J connectivity index is 0.000000902. The number of hydrogen-bond acceptors (Lipinski definition) is 2. The number of hydrogen-bond donors (Lipinski definition) is 2. The molecule has 1 aromatic carbocycles. The van der Waals surface area contributed by atoms with Gasteiger partial charge in [0.1, 0.15) is 0 Å². The molecule has 1 heterocycles. The van der Waals surface area contributed by atoms with Gasteiger partial charge in [-0.2, -0.15) is 0 Å². The van der Waals surface area contributed by atoms with Crippen molar-refractivity contribution in [2.75, 3.05) is 13.1 Å². The van der Waals surface area contributed by atoms with Gasteiger partial charge in [0.2, 0.25) is 0 Å². The third-order valence-electron chi connectivity index (χ3n) is 3.80. The highest BCUT2D eigenvalue weighted by Crippen LogP contribution is 2.38. The summed E-state index contributed by atoms with van der Waals surface area (Å²) >= 11 is 0. The molecule has 19 heavy (non-hydrogen) atoms. The summed E-state index contributed by atoms with van der Waals surface area (Å²) in [5, 5.41) is 7.00.